The van der Waals surface area contributed by atoms with E-state index in [1.54, 1.807) is 42.5 Å². The van der Waals surface area contributed by atoms with Crippen LogP contribution in [0.5, 0.6) is 11.5 Å². The number of benzene rings is 2. The van der Waals surface area contributed by atoms with Gasteiger partial charge in [-0.05, 0) is 36.4 Å². The van der Waals surface area contributed by atoms with Gasteiger partial charge >= 0.3 is 0 Å². The minimum Gasteiger partial charge on any atom is -0.454 e. The molecule has 2 N–H and O–H groups in total. The van der Waals surface area contributed by atoms with Gasteiger partial charge in [0.05, 0.1) is 12.0 Å². The van der Waals surface area contributed by atoms with Crippen LogP contribution in [-0.2, 0) is 14.8 Å². The number of sulfonamides is 1. The van der Waals surface area contributed by atoms with Crippen molar-refractivity contribution in [1.82, 2.24) is 10.2 Å². The van der Waals surface area contributed by atoms with Gasteiger partial charge in [-0.1, -0.05) is 11.8 Å². The van der Waals surface area contributed by atoms with Crippen molar-refractivity contribution in [3.8, 4) is 23.0 Å². The molecule has 1 aromatic heterocycles. The Balaban J connectivity index is 1.32. The van der Waals surface area contributed by atoms with Crippen LogP contribution >= 0.6 is 11.8 Å². The van der Waals surface area contributed by atoms with Crippen LogP contribution in [-0.4, -0.2) is 43.3 Å². The van der Waals surface area contributed by atoms with E-state index >= 15 is 0 Å². The smallest absolute Gasteiger partial charge is 0.277 e. The lowest BCUT2D eigenvalue weighted by molar-refractivity contribution is -0.113. The molecule has 1 amide bonds. The van der Waals surface area contributed by atoms with E-state index in [-0.39, 0.29) is 29.6 Å². The number of thioether (sulfide) groups is 1. The molecule has 0 fully saturated rings. The van der Waals surface area contributed by atoms with Crippen LogP contribution < -0.4 is 19.5 Å². The fourth-order valence-electron chi connectivity index (χ4n) is 2.58. The van der Waals surface area contributed by atoms with Crippen molar-refractivity contribution in [2.45, 2.75) is 5.22 Å². The van der Waals surface area contributed by atoms with Crippen molar-refractivity contribution < 1.29 is 27.1 Å². The average Bonchev–Trinajstić information content (AvgIpc) is 3.35. The number of rotatable bonds is 7. The third-order valence-corrected chi connectivity index (χ3v) is 5.25. The van der Waals surface area contributed by atoms with Gasteiger partial charge in [0.15, 0.2) is 11.5 Å². The Kier molecular flexibility index (Phi) is 5.50. The second kappa shape index (κ2) is 8.24. The Morgan fingerprint density at radius 3 is 2.57 bits per heavy atom. The molecule has 1 aliphatic heterocycles. The second-order valence-electron chi connectivity index (χ2n) is 6.23. The molecule has 0 saturated carbocycles. The third-order valence-electron chi connectivity index (χ3n) is 3.82. The minimum atomic E-state index is -3.35. The Hall–Kier alpha value is -3.25. The van der Waals surface area contributed by atoms with Crippen LogP contribution in [0.3, 0.4) is 0 Å². The van der Waals surface area contributed by atoms with E-state index in [9.17, 15) is 13.2 Å². The number of ether oxygens (including phenoxy) is 2. The SMILES string of the molecule is CS(=O)(=O)Nc1ccc(-c2nnc(SCC(=O)Nc3ccc4c(c3)OCO4)o2)cc1. The second-order valence-corrected chi connectivity index (χ2v) is 8.90. The maximum Gasteiger partial charge on any atom is 0.277 e. The highest BCUT2D eigenvalue weighted by Crippen LogP contribution is 2.34. The highest BCUT2D eigenvalue weighted by Gasteiger charge is 2.15. The molecule has 2 aromatic carbocycles. The lowest BCUT2D eigenvalue weighted by Crippen LogP contribution is -2.13. The molecular formula is C18H16N4O6S2. The van der Waals surface area contributed by atoms with Gasteiger partial charge in [-0.15, -0.1) is 10.2 Å². The molecule has 2 heterocycles. The Labute approximate surface area is 176 Å². The van der Waals surface area contributed by atoms with Crippen molar-refractivity contribution in [1.29, 1.82) is 0 Å². The van der Waals surface area contributed by atoms with Gasteiger partial charge in [-0.2, -0.15) is 0 Å². The van der Waals surface area contributed by atoms with E-state index in [1.807, 2.05) is 0 Å². The van der Waals surface area contributed by atoms with Gasteiger partial charge in [-0.25, -0.2) is 8.42 Å². The van der Waals surface area contributed by atoms with Crippen LogP contribution in [0.25, 0.3) is 11.5 Å². The van der Waals surface area contributed by atoms with Gasteiger partial charge in [0.25, 0.3) is 5.22 Å². The van der Waals surface area contributed by atoms with Gasteiger partial charge in [0.2, 0.25) is 28.6 Å². The maximum atomic E-state index is 12.2. The number of carbonyl (C=O) groups excluding carboxylic acids is 1. The first-order chi connectivity index (χ1) is 14.4. The number of carbonyl (C=O) groups is 1. The predicted molar refractivity (Wildman–Crippen MR) is 110 cm³/mol. The summed E-state index contributed by atoms with van der Waals surface area (Å²) in [6, 6.07) is 11.6. The summed E-state index contributed by atoms with van der Waals surface area (Å²) >= 11 is 1.10. The topological polar surface area (TPSA) is 133 Å². The summed E-state index contributed by atoms with van der Waals surface area (Å²) < 4.78 is 40.9. The van der Waals surface area contributed by atoms with E-state index in [4.69, 9.17) is 13.9 Å². The fraction of sp³-hybridized carbons (Fsp3) is 0.167. The molecule has 30 heavy (non-hydrogen) atoms. The highest BCUT2D eigenvalue weighted by atomic mass is 32.2. The molecule has 0 atom stereocenters. The number of hydrogen-bond donors (Lipinski definition) is 2. The van der Waals surface area contributed by atoms with E-state index in [0.717, 1.165) is 18.0 Å². The van der Waals surface area contributed by atoms with Crippen LogP contribution in [0, 0.1) is 0 Å². The summed E-state index contributed by atoms with van der Waals surface area (Å²) in [6.07, 6.45) is 1.07. The normalized spacial score (nSPS) is 12.6. The number of hydrogen-bond acceptors (Lipinski definition) is 9. The first-order valence-corrected chi connectivity index (χ1v) is 11.5. The molecule has 0 radical (unpaired) electrons. The molecule has 10 nitrogen and oxygen atoms in total. The van der Waals surface area contributed by atoms with Gasteiger partial charge in [0.1, 0.15) is 0 Å². The average molecular weight is 448 g/mol. The molecule has 0 aliphatic carbocycles. The van der Waals surface area contributed by atoms with E-state index in [2.05, 4.69) is 20.2 Å². The summed E-state index contributed by atoms with van der Waals surface area (Å²) in [5.41, 5.74) is 1.65. The number of aromatic nitrogens is 2. The zero-order valence-corrected chi connectivity index (χ0v) is 17.2. The van der Waals surface area contributed by atoms with Gasteiger partial charge in [0, 0.05) is 23.0 Å². The number of anilines is 2. The zero-order valence-electron chi connectivity index (χ0n) is 15.6. The van der Waals surface area contributed by atoms with Gasteiger partial charge in [-0.3, -0.25) is 9.52 Å². The molecule has 156 valence electrons. The molecule has 1 aliphatic rings. The fourth-order valence-corrected chi connectivity index (χ4v) is 3.71. The van der Waals surface area contributed by atoms with Crippen LogP contribution in [0.15, 0.2) is 52.1 Å². The Morgan fingerprint density at radius 1 is 1.07 bits per heavy atom. The number of fused-ring (bicyclic) bond motifs is 1. The zero-order chi connectivity index (χ0) is 21.1. The quantitative estimate of drug-likeness (QED) is 0.523. The van der Waals surface area contributed by atoms with Crippen LogP contribution in [0.2, 0.25) is 0 Å². The summed E-state index contributed by atoms with van der Waals surface area (Å²) in [7, 11) is -3.35. The molecule has 0 spiro atoms. The standard InChI is InChI=1S/C18H16N4O6S2/c1-30(24,25)22-12-4-2-11(3-5-12)17-20-21-18(28-17)29-9-16(23)19-13-6-7-14-15(8-13)27-10-26-14/h2-8,22H,9-10H2,1H3,(H,19,23). The van der Waals surface area contributed by atoms with Crippen molar-refractivity contribution in [2.24, 2.45) is 0 Å². The van der Waals surface area contributed by atoms with Crippen molar-refractivity contribution in [3.63, 3.8) is 0 Å². The predicted octanol–water partition coefficient (Wildman–Crippen LogP) is 2.57. The van der Waals surface area contributed by atoms with Crippen LogP contribution in [0.4, 0.5) is 11.4 Å². The van der Waals surface area contributed by atoms with Crippen molar-refractivity contribution >= 4 is 39.1 Å². The monoisotopic (exact) mass is 448 g/mol. The summed E-state index contributed by atoms with van der Waals surface area (Å²) in [6.45, 7) is 0.166. The van der Waals surface area contributed by atoms with Gasteiger partial charge < -0.3 is 19.2 Å². The molecule has 0 unspecified atom stereocenters. The maximum absolute atomic E-state index is 12.2. The van der Waals surface area contributed by atoms with Crippen LogP contribution in [0.1, 0.15) is 0 Å². The molecule has 4 rings (SSSR count). The first-order valence-electron chi connectivity index (χ1n) is 8.60. The lowest BCUT2D eigenvalue weighted by Gasteiger charge is -2.05. The molecule has 3 aromatic rings. The van der Waals surface area contributed by atoms with E-state index in [0.29, 0.717) is 28.4 Å². The highest BCUT2D eigenvalue weighted by molar-refractivity contribution is 7.99. The van der Waals surface area contributed by atoms with E-state index < -0.39 is 10.0 Å². The molecular weight excluding hydrogens is 432 g/mol. The molecule has 0 saturated heterocycles. The first kappa shape index (κ1) is 20.0. The number of nitrogens with zero attached hydrogens (tertiary/aromatic N) is 2. The van der Waals surface area contributed by atoms with E-state index in [1.165, 1.54) is 0 Å². The summed E-state index contributed by atoms with van der Waals surface area (Å²) in [4.78, 5) is 12.2. The lowest BCUT2D eigenvalue weighted by atomic mass is 10.2. The minimum absolute atomic E-state index is 0.0767. The number of nitrogens with one attached hydrogen (secondary N) is 2. The number of amides is 1. The van der Waals surface area contributed by atoms with Crippen molar-refractivity contribution in [3.05, 3.63) is 42.5 Å². The summed E-state index contributed by atoms with van der Waals surface area (Å²) in [5.74, 6) is 1.32. The Morgan fingerprint density at radius 2 is 1.80 bits per heavy atom. The van der Waals surface area contributed by atoms with Crippen molar-refractivity contribution in [2.75, 3.05) is 28.8 Å². The molecule has 12 heteroatoms. The summed E-state index contributed by atoms with van der Waals surface area (Å²) in [5, 5.41) is 10.9. The molecule has 0 bridgehead atoms. The largest absolute Gasteiger partial charge is 0.454 e. The third kappa shape index (κ3) is 5.02. The Bertz CT molecular complexity index is 1180.